The first kappa shape index (κ1) is 17.2. The van der Waals surface area contributed by atoms with Crippen molar-refractivity contribution in [2.24, 2.45) is 5.73 Å². The number of fused-ring (bicyclic) bond motifs is 1. The average Bonchev–Trinajstić information content (AvgIpc) is 2.92. The highest BCUT2D eigenvalue weighted by atomic mass is 32.1. The fourth-order valence-corrected chi connectivity index (χ4v) is 3.42. The quantitative estimate of drug-likeness (QED) is 0.708. The van der Waals surface area contributed by atoms with Crippen LogP contribution in [-0.4, -0.2) is 36.4 Å². The number of aromatic nitrogens is 1. The highest BCUT2D eigenvalue weighted by molar-refractivity contribution is 7.21. The zero-order chi connectivity index (χ0) is 18.0. The van der Waals surface area contributed by atoms with Crippen molar-refractivity contribution >= 4 is 33.1 Å². The van der Waals surface area contributed by atoms with Gasteiger partial charge in [0.1, 0.15) is 21.2 Å². The number of carbonyl (C=O) groups excluding carboxylic acids is 1. The molecule has 2 heterocycles. The van der Waals surface area contributed by atoms with Crippen molar-refractivity contribution in [3.63, 3.8) is 0 Å². The third-order valence-corrected chi connectivity index (χ3v) is 4.94. The number of primary amides is 1. The molecule has 0 bridgehead atoms. The molecule has 0 atom stereocenters. The van der Waals surface area contributed by atoms with Crippen molar-refractivity contribution in [1.82, 2.24) is 9.88 Å². The van der Waals surface area contributed by atoms with Crippen molar-refractivity contribution in [3.8, 4) is 11.5 Å². The molecule has 4 N–H and O–H groups in total. The minimum atomic E-state index is -0.559. The second-order valence-corrected chi connectivity index (χ2v) is 7.00. The van der Waals surface area contributed by atoms with Gasteiger partial charge in [-0.15, -0.1) is 11.3 Å². The molecule has 2 aromatic heterocycles. The van der Waals surface area contributed by atoms with Crippen molar-refractivity contribution in [3.05, 3.63) is 47.0 Å². The van der Waals surface area contributed by atoms with Gasteiger partial charge < -0.3 is 21.1 Å². The SMILES string of the molecule is CN(C)CCc1ccc(Oc2ccnc3sc(C(N)=O)c(N)c23)cc1. The largest absolute Gasteiger partial charge is 0.456 e. The van der Waals surface area contributed by atoms with E-state index in [0.29, 0.717) is 32.3 Å². The molecule has 6 nitrogen and oxygen atoms in total. The maximum absolute atomic E-state index is 11.5. The van der Waals surface area contributed by atoms with E-state index < -0.39 is 5.91 Å². The Morgan fingerprint density at radius 1 is 1.24 bits per heavy atom. The monoisotopic (exact) mass is 356 g/mol. The summed E-state index contributed by atoms with van der Waals surface area (Å²) < 4.78 is 5.97. The van der Waals surface area contributed by atoms with Gasteiger partial charge in [0.15, 0.2) is 0 Å². The lowest BCUT2D eigenvalue weighted by molar-refractivity contribution is 0.100. The molecule has 1 aromatic carbocycles. The summed E-state index contributed by atoms with van der Waals surface area (Å²) in [6.45, 7) is 0.993. The number of ether oxygens (including phenoxy) is 1. The molecule has 0 unspecified atom stereocenters. The van der Waals surface area contributed by atoms with Crippen molar-refractivity contribution in [1.29, 1.82) is 0 Å². The van der Waals surface area contributed by atoms with E-state index >= 15 is 0 Å². The van der Waals surface area contributed by atoms with Crippen molar-refractivity contribution < 1.29 is 9.53 Å². The highest BCUT2D eigenvalue weighted by Crippen LogP contribution is 2.39. The van der Waals surface area contributed by atoms with E-state index in [0.717, 1.165) is 13.0 Å². The third kappa shape index (κ3) is 3.72. The van der Waals surface area contributed by atoms with Crippen LogP contribution in [0.15, 0.2) is 36.5 Å². The van der Waals surface area contributed by atoms with Crippen LogP contribution in [0.2, 0.25) is 0 Å². The molecular formula is C18H20N4O2S. The topological polar surface area (TPSA) is 94.5 Å². The van der Waals surface area contributed by atoms with Gasteiger partial charge in [-0.05, 0) is 44.3 Å². The van der Waals surface area contributed by atoms with Gasteiger partial charge in [0.2, 0.25) is 0 Å². The molecule has 0 radical (unpaired) electrons. The maximum Gasteiger partial charge on any atom is 0.260 e. The van der Waals surface area contributed by atoms with Crippen LogP contribution in [0.1, 0.15) is 15.2 Å². The Morgan fingerprint density at radius 2 is 1.96 bits per heavy atom. The molecule has 3 rings (SSSR count). The zero-order valence-corrected chi connectivity index (χ0v) is 15.0. The van der Waals surface area contributed by atoms with Crippen LogP contribution in [0, 0.1) is 0 Å². The van der Waals surface area contributed by atoms with E-state index in [2.05, 4.69) is 24.0 Å². The fourth-order valence-electron chi connectivity index (χ4n) is 2.49. The predicted octanol–water partition coefficient (Wildman–Crippen LogP) is 2.87. The Labute approximate surface area is 150 Å². The van der Waals surface area contributed by atoms with Crippen LogP contribution in [-0.2, 0) is 6.42 Å². The molecule has 0 aliphatic rings. The molecule has 1 amide bonds. The summed E-state index contributed by atoms with van der Waals surface area (Å²) in [5, 5.41) is 0.623. The summed E-state index contributed by atoms with van der Waals surface area (Å²) in [5.74, 6) is 0.705. The lowest BCUT2D eigenvalue weighted by atomic mass is 10.1. The van der Waals surface area contributed by atoms with E-state index in [-0.39, 0.29) is 0 Å². The average molecular weight is 356 g/mol. The van der Waals surface area contributed by atoms with Gasteiger partial charge in [-0.1, -0.05) is 12.1 Å². The molecule has 3 aromatic rings. The van der Waals surface area contributed by atoms with Crippen LogP contribution in [0.3, 0.4) is 0 Å². The van der Waals surface area contributed by atoms with Gasteiger partial charge in [-0.25, -0.2) is 4.98 Å². The van der Waals surface area contributed by atoms with Gasteiger partial charge in [0, 0.05) is 12.7 Å². The standard InChI is InChI=1S/C18H20N4O2S/c1-22(2)10-8-11-3-5-12(6-4-11)24-13-7-9-21-18-14(13)15(19)16(25-18)17(20)23/h3-7,9H,8,10,19H2,1-2H3,(H2,20,23). The smallest absolute Gasteiger partial charge is 0.260 e. The number of nitrogen functional groups attached to an aromatic ring is 1. The van der Waals surface area contributed by atoms with Gasteiger partial charge in [0.05, 0.1) is 11.1 Å². The molecule has 0 aliphatic carbocycles. The summed E-state index contributed by atoms with van der Waals surface area (Å²) in [6, 6.07) is 9.67. The zero-order valence-electron chi connectivity index (χ0n) is 14.2. The number of amides is 1. The minimum Gasteiger partial charge on any atom is -0.456 e. The normalized spacial score (nSPS) is 11.2. The second kappa shape index (κ2) is 7.08. The lowest BCUT2D eigenvalue weighted by Gasteiger charge is -2.10. The molecule has 25 heavy (non-hydrogen) atoms. The van der Waals surface area contributed by atoms with Crippen LogP contribution in [0.4, 0.5) is 5.69 Å². The minimum absolute atomic E-state index is 0.303. The van der Waals surface area contributed by atoms with Gasteiger partial charge in [0.25, 0.3) is 5.91 Å². The summed E-state index contributed by atoms with van der Waals surface area (Å²) >= 11 is 1.17. The number of pyridine rings is 1. The van der Waals surface area contributed by atoms with Crippen LogP contribution < -0.4 is 16.2 Å². The predicted molar refractivity (Wildman–Crippen MR) is 101 cm³/mol. The summed E-state index contributed by atoms with van der Waals surface area (Å²) in [4.78, 5) is 18.8. The molecular weight excluding hydrogens is 336 g/mol. The number of nitrogens with zero attached hydrogens (tertiary/aromatic N) is 2. The number of hydrogen-bond donors (Lipinski definition) is 2. The van der Waals surface area contributed by atoms with Crippen molar-refractivity contribution in [2.45, 2.75) is 6.42 Å². The van der Waals surface area contributed by atoms with Crippen LogP contribution >= 0.6 is 11.3 Å². The first-order valence-corrected chi connectivity index (χ1v) is 8.65. The van der Waals surface area contributed by atoms with E-state index in [1.54, 1.807) is 12.3 Å². The Kier molecular flexibility index (Phi) is 4.87. The number of hydrogen-bond acceptors (Lipinski definition) is 6. The molecule has 0 saturated carbocycles. The number of nitrogens with two attached hydrogens (primary N) is 2. The fraction of sp³-hybridized carbons (Fsp3) is 0.222. The van der Waals surface area contributed by atoms with Gasteiger partial charge in [-0.2, -0.15) is 0 Å². The molecule has 7 heteroatoms. The molecule has 0 aliphatic heterocycles. The molecule has 0 saturated heterocycles. The van der Waals surface area contributed by atoms with E-state index in [1.807, 2.05) is 24.3 Å². The van der Waals surface area contributed by atoms with Gasteiger partial charge in [-0.3, -0.25) is 4.79 Å². The van der Waals surface area contributed by atoms with E-state index in [1.165, 1.54) is 16.9 Å². The molecule has 0 spiro atoms. The Bertz CT molecular complexity index is 903. The first-order valence-electron chi connectivity index (χ1n) is 7.84. The number of rotatable bonds is 6. The summed E-state index contributed by atoms with van der Waals surface area (Å²) in [7, 11) is 4.11. The van der Waals surface area contributed by atoms with Crippen LogP contribution in [0.5, 0.6) is 11.5 Å². The first-order chi connectivity index (χ1) is 12.0. The molecule has 130 valence electrons. The maximum atomic E-state index is 11.5. The van der Waals surface area contributed by atoms with E-state index in [4.69, 9.17) is 16.2 Å². The van der Waals surface area contributed by atoms with Crippen LogP contribution in [0.25, 0.3) is 10.2 Å². The number of likely N-dealkylation sites (N-methyl/N-ethyl adjacent to an activating group) is 1. The van der Waals surface area contributed by atoms with Gasteiger partial charge >= 0.3 is 0 Å². The number of thiophene rings is 1. The Hall–Kier alpha value is -2.64. The Morgan fingerprint density at radius 3 is 2.60 bits per heavy atom. The summed E-state index contributed by atoms with van der Waals surface area (Å²) in [6.07, 6.45) is 2.61. The number of benzene rings is 1. The van der Waals surface area contributed by atoms with Crippen molar-refractivity contribution in [2.75, 3.05) is 26.4 Å². The second-order valence-electron chi connectivity index (χ2n) is 6.00. The number of carbonyl (C=O) groups is 1. The van der Waals surface area contributed by atoms with E-state index in [9.17, 15) is 4.79 Å². The molecule has 0 fully saturated rings. The third-order valence-electron chi connectivity index (χ3n) is 3.81. The highest BCUT2D eigenvalue weighted by Gasteiger charge is 2.18. The number of anilines is 1. The summed E-state index contributed by atoms with van der Waals surface area (Å²) in [5.41, 5.74) is 13.0. The Balaban J connectivity index is 1.86. The lowest BCUT2D eigenvalue weighted by Crippen LogP contribution is -2.14.